The zero-order chi connectivity index (χ0) is 14.4. The molecule has 106 valence electrons. The van der Waals surface area contributed by atoms with Crippen LogP contribution >= 0.6 is 0 Å². The highest BCUT2D eigenvalue weighted by Gasteiger charge is 2.18. The Morgan fingerprint density at radius 2 is 1.95 bits per heavy atom. The van der Waals surface area contributed by atoms with Crippen molar-refractivity contribution in [1.82, 2.24) is 4.90 Å². The molecule has 0 heterocycles. The van der Waals surface area contributed by atoms with E-state index in [9.17, 15) is 4.79 Å². The third kappa shape index (κ3) is 4.47. The highest BCUT2D eigenvalue weighted by molar-refractivity contribution is 5.76. The van der Waals surface area contributed by atoms with E-state index >= 15 is 0 Å². The second kappa shape index (κ2) is 7.02. The molecule has 0 aliphatic carbocycles. The molecular formula is C15H24N2O2. The largest absolute Gasteiger partial charge is 0.491 e. The van der Waals surface area contributed by atoms with Gasteiger partial charge in [-0.1, -0.05) is 26.0 Å². The van der Waals surface area contributed by atoms with Crippen LogP contribution in [-0.2, 0) is 4.79 Å². The molecule has 0 fully saturated rings. The van der Waals surface area contributed by atoms with E-state index in [1.54, 1.807) is 17.0 Å². The lowest BCUT2D eigenvalue weighted by molar-refractivity contribution is -0.132. The predicted octanol–water partition coefficient (Wildman–Crippen LogP) is 2.54. The number of hydrogen-bond donors (Lipinski definition) is 1. The molecule has 2 N–H and O–H groups in total. The second-order valence-corrected chi connectivity index (χ2v) is 5.13. The summed E-state index contributed by atoms with van der Waals surface area (Å²) in [6.07, 6.45) is 0.363. The van der Waals surface area contributed by atoms with Gasteiger partial charge >= 0.3 is 0 Å². The van der Waals surface area contributed by atoms with Gasteiger partial charge in [0.1, 0.15) is 5.75 Å². The Bertz CT molecular complexity index is 418. The van der Waals surface area contributed by atoms with Crippen LogP contribution in [0.15, 0.2) is 24.3 Å². The number of hydrogen-bond acceptors (Lipinski definition) is 3. The number of nitrogens with two attached hydrogens (primary N) is 1. The van der Waals surface area contributed by atoms with Crippen molar-refractivity contribution in [1.29, 1.82) is 0 Å². The van der Waals surface area contributed by atoms with E-state index in [1.807, 2.05) is 19.2 Å². The minimum Gasteiger partial charge on any atom is -0.491 e. The normalized spacial score (nSPS) is 12.3. The minimum atomic E-state index is 0.0932. The van der Waals surface area contributed by atoms with Crippen LogP contribution < -0.4 is 10.5 Å². The average Bonchev–Trinajstić information content (AvgIpc) is 2.38. The van der Waals surface area contributed by atoms with Gasteiger partial charge < -0.3 is 15.4 Å². The number of nitrogens with zero attached hydrogens (tertiary/aromatic N) is 1. The molecule has 0 saturated heterocycles. The SMILES string of the molecule is CC(C)C(C)N(C)C(=O)CCOc1ccccc1N. The highest BCUT2D eigenvalue weighted by atomic mass is 16.5. The van der Waals surface area contributed by atoms with Gasteiger partial charge in [-0.25, -0.2) is 0 Å². The molecule has 19 heavy (non-hydrogen) atoms. The fraction of sp³-hybridized carbons (Fsp3) is 0.533. The molecule has 1 aromatic carbocycles. The fourth-order valence-electron chi connectivity index (χ4n) is 1.71. The lowest BCUT2D eigenvalue weighted by Crippen LogP contribution is -2.38. The number of rotatable bonds is 6. The first-order valence-corrected chi connectivity index (χ1v) is 6.66. The maximum atomic E-state index is 12.0. The van der Waals surface area contributed by atoms with Crippen molar-refractivity contribution < 1.29 is 9.53 Å². The summed E-state index contributed by atoms with van der Waals surface area (Å²) < 4.78 is 5.53. The van der Waals surface area contributed by atoms with E-state index in [0.717, 1.165) is 0 Å². The smallest absolute Gasteiger partial charge is 0.225 e. The highest BCUT2D eigenvalue weighted by Crippen LogP contribution is 2.19. The minimum absolute atomic E-state index is 0.0932. The quantitative estimate of drug-likeness (QED) is 0.803. The third-order valence-electron chi connectivity index (χ3n) is 3.46. The first-order chi connectivity index (χ1) is 8.93. The van der Waals surface area contributed by atoms with Crippen molar-refractivity contribution in [2.75, 3.05) is 19.4 Å². The topological polar surface area (TPSA) is 55.6 Å². The Kier molecular flexibility index (Phi) is 5.67. The number of para-hydroxylation sites is 2. The summed E-state index contributed by atoms with van der Waals surface area (Å²) in [6.45, 7) is 6.62. The van der Waals surface area contributed by atoms with Crippen LogP contribution in [0.1, 0.15) is 27.2 Å². The van der Waals surface area contributed by atoms with E-state index in [-0.39, 0.29) is 11.9 Å². The molecule has 0 radical (unpaired) electrons. The molecule has 1 atom stereocenters. The fourth-order valence-corrected chi connectivity index (χ4v) is 1.71. The molecule has 0 saturated carbocycles. The molecule has 0 aliphatic heterocycles. The molecular weight excluding hydrogens is 240 g/mol. The van der Waals surface area contributed by atoms with Crippen LogP contribution in [-0.4, -0.2) is 30.5 Å². The standard InChI is InChI=1S/C15H24N2O2/c1-11(2)12(3)17(4)15(18)9-10-19-14-8-6-5-7-13(14)16/h5-8,11-12H,9-10,16H2,1-4H3. The maximum absolute atomic E-state index is 12.0. The summed E-state index contributed by atoms with van der Waals surface area (Å²) in [7, 11) is 1.84. The number of benzene rings is 1. The van der Waals surface area contributed by atoms with Crippen molar-refractivity contribution in [2.45, 2.75) is 33.2 Å². The number of amides is 1. The van der Waals surface area contributed by atoms with Gasteiger partial charge in [0, 0.05) is 13.1 Å². The maximum Gasteiger partial charge on any atom is 0.225 e. The molecule has 1 amide bonds. The first kappa shape index (κ1) is 15.3. The number of carbonyl (C=O) groups excluding carboxylic acids is 1. The third-order valence-corrected chi connectivity index (χ3v) is 3.46. The van der Waals surface area contributed by atoms with Gasteiger partial charge in [0.25, 0.3) is 0 Å². The summed E-state index contributed by atoms with van der Waals surface area (Å²) in [5, 5.41) is 0. The zero-order valence-electron chi connectivity index (χ0n) is 12.2. The molecule has 4 heteroatoms. The first-order valence-electron chi connectivity index (χ1n) is 6.66. The monoisotopic (exact) mass is 264 g/mol. The average molecular weight is 264 g/mol. The molecule has 4 nitrogen and oxygen atoms in total. The molecule has 0 aliphatic rings. The molecule has 1 rings (SSSR count). The molecule has 0 aromatic heterocycles. The summed E-state index contributed by atoms with van der Waals surface area (Å²) in [5.74, 6) is 1.17. The second-order valence-electron chi connectivity index (χ2n) is 5.13. The Labute approximate surface area is 115 Å². The van der Waals surface area contributed by atoms with Gasteiger partial charge in [0.15, 0.2) is 0 Å². The Morgan fingerprint density at radius 3 is 2.53 bits per heavy atom. The van der Waals surface area contributed by atoms with E-state index in [4.69, 9.17) is 10.5 Å². The lowest BCUT2D eigenvalue weighted by atomic mass is 10.1. The summed E-state index contributed by atoms with van der Waals surface area (Å²) in [4.78, 5) is 13.8. The number of nitrogen functional groups attached to an aromatic ring is 1. The van der Waals surface area contributed by atoms with Crippen LogP contribution in [0, 0.1) is 5.92 Å². The Balaban J connectivity index is 2.41. The Hall–Kier alpha value is -1.71. The lowest BCUT2D eigenvalue weighted by Gasteiger charge is -2.28. The van der Waals surface area contributed by atoms with Crippen molar-refractivity contribution >= 4 is 11.6 Å². The number of anilines is 1. The van der Waals surface area contributed by atoms with Crippen LogP contribution in [0.25, 0.3) is 0 Å². The summed E-state index contributed by atoms with van der Waals surface area (Å²) >= 11 is 0. The van der Waals surface area contributed by atoms with Gasteiger partial charge in [-0.05, 0) is 25.0 Å². The number of carbonyl (C=O) groups is 1. The van der Waals surface area contributed by atoms with Crippen LogP contribution in [0.5, 0.6) is 5.75 Å². The zero-order valence-corrected chi connectivity index (χ0v) is 12.2. The van der Waals surface area contributed by atoms with Gasteiger partial charge in [0.05, 0.1) is 18.7 Å². The van der Waals surface area contributed by atoms with Crippen molar-refractivity contribution in [3.05, 3.63) is 24.3 Å². The van der Waals surface area contributed by atoms with E-state index in [0.29, 0.717) is 30.4 Å². The predicted molar refractivity (Wildman–Crippen MR) is 78.0 cm³/mol. The van der Waals surface area contributed by atoms with Crippen molar-refractivity contribution in [3.63, 3.8) is 0 Å². The summed E-state index contributed by atoms with van der Waals surface area (Å²) in [5.41, 5.74) is 6.36. The van der Waals surface area contributed by atoms with E-state index in [1.165, 1.54) is 0 Å². The van der Waals surface area contributed by atoms with Gasteiger partial charge in [-0.2, -0.15) is 0 Å². The van der Waals surface area contributed by atoms with Crippen LogP contribution in [0.2, 0.25) is 0 Å². The molecule has 1 aromatic rings. The van der Waals surface area contributed by atoms with Gasteiger partial charge in [-0.15, -0.1) is 0 Å². The van der Waals surface area contributed by atoms with Crippen LogP contribution in [0.4, 0.5) is 5.69 Å². The van der Waals surface area contributed by atoms with Crippen molar-refractivity contribution in [2.24, 2.45) is 5.92 Å². The molecule has 0 spiro atoms. The van der Waals surface area contributed by atoms with Gasteiger partial charge in [0.2, 0.25) is 5.91 Å². The van der Waals surface area contributed by atoms with E-state index in [2.05, 4.69) is 20.8 Å². The van der Waals surface area contributed by atoms with Crippen molar-refractivity contribution in [3.8, 4) is 5.75 Å². The Morgan fingerprint density at radius 1 is 1.32 bits per heavy atom. The molecule has 0 bridgehead atoms. The van der Waals surface area contributed by atoms with E-state index < -0.39 is 0 Å². The van der Waals surface area contributed by atoms with Gasteiger partial charge in [-0.3, -0.25) is 4.79 Å². The summed E-state index contributed by atoms with van der Waals surface area (Å²) in [6, 6.07) is 7.53. The molecule has 1 unspecified atom stereocenters. The van der Waals surface area contributed by atoms with Crippen LogP contribution in [0.3, 0.4) is 0 Å². The number of ether oxygens (including phenoxy) is 1.